The second-order valence-corrected chi connectivity index (χ2v) is 11.8. The number of nitrogens with zero attached hydrogens (tertiary/aromatic N) is 1. The van der Waals surface area contributed by atoms with Crippen molar-refractivity contribution in [3.8, 4) is 5.75 Å². The van der Waals surface area contributed by atoms with Gasteiger partial charge in [0.1, 0.15) is 5.75 Å². The van der Waals surface area contributed by atoms with Crippen LogP contribution in [-0.2, 0) is 14.6 Å². The molecule has 9 heteroatoms. The molecule has 0 bridgehead atoms. The van der Waals surface area contributed by atoms with Gasteiger partial charge in [-0.15, -0.1) is 0 Å². The monoisotopic (exact) mass is 473 g/mol. The summed E-state index contributed by atoms with van der Waals surface area (Å²) in [4.78, 5) is 14.0. The van der Waals surface area contributed by atoms with Crippen LogP contribution in [0.25, 0.3) is 0 Å². The Hall–Kier alpha value is -1.90. The van der Waals surface area contributed by atoms with Gasteiger partial charge in [-0.05, 0) is 88.0 Å². The Balaban J connectivity index is 1.32. The Morgan fingerprint density at radius 3 is 2.31 bits per heavy atom. The number of rotatable bonds is 8. The molecule has 32 heavy (non-hydrogen) atoms. The van der Waals surface area contributed by atoms with Gasteiger partial charge in [-0.1, -0.05) is 0 Å². The van der Waals surface area contributed by atoms with E-state index in [-0.39, 0.29) is 10.3 Å². The summed E-state index contributed by atoms with van der Waals surface area (Å²) >= 11 is 0. The summed E-state index contributed by atoms with van der Waals surface area (Å²) in [6.45, 7) is 4.15. The van der Waals surface area contributed by atoms with Gasteiger partial charge in [0.2, 0.25) is 0 Å². The molecule has 1 aromatic carbocycles. The first-order chi connectivity index (χ1) is 14.9. The van der Waals surface area contributed by atoms with E-state index in [1.807, 2.05) is 0 Å². The van der Waals surface area contributed by atoms with Gasteiger partial charge in [-0.25, -0.2) is 22.0 Å². The van der Waals surface area contributed by atoms with Gasteiger partial charge in [0.25, 0.3) is 6.43 Å². The number of carbonyl (C=O) groups excluding carboxylic acids is 1. The Kier molecular flexibility index (Phi) is 7.37. The predicted molar refractivity (Wildman–Crippen MR) is 117 cm³/mol. The summed E-state index contributed by atoms with van der Waals surface area (Å²) in [6, 6.07) is 6.46. The minimum atomic E-state index is -3.20. The molecule has 3 rings (SSSR count). The number of ether oxygens (including phenoxy) is 2. The van der Waals surface area contributed by atoms with Gasteiger partial charge in [0.05, 0.1) is 11.5 Å². The Labute approximate surface area is 189 Å². The maximum Gasteiger partial charge on any atom is 0.410 e. The first kappa shape index (κ1) is 24.7. The van der Waals surface area contributed by atoms with Crippen molar-refractivity contribution in [2.75, 3.05) is 26.0 Å². The van der Waals surface area contributed by atoms with Crippen molar-refractivity contribution in [2.45, 2.75) is 69.3 Å². The van der Waals surface area contributed by atoms with Crippen LogP contribution in [0.3, 0.4) is 0 Å². The fraction of sp³-hybridized carbons (Fsp3) is 0.696. The maximum absolute atomic E-state index is 12.9. The Morgan fingerprint density at radius 1 is 1.19 bits per heavy atom. The molecule has 2 fully saturated rings. The molecule has 0 aromatic heterocycles. The lowest BCUT2D eigenvalue weighted by Gasteiger charge is -2.52. The van der Waals surface area contributed by atoms with E-state index < -0.39 is 28.0 Å². The minimum absolute atomic E-state index is 0.266. The highest BCUT2D eigenvalue weighted by molar-refractivity contribution is 7.90. The third-order valence-electron chi connectivity index (χ3n) is 6.68. The average Bonchev–Trinajstić information content (AvgIpc) is 2.69. The number of amides is 1. The van der Waals surface area contributed by atoms with Crippen molar-refractivity contribution < 1.29 is 31.5 Å². The molecule has 1 spiro atoms. The lowest BCUT2D eigenvalue weighted by Crippen LogP contribution is -2.50. The van der Waals surface area contributed by atoms with E-state index in [0.717, 1.165) is 38.5 Å². The molecule has 2 aliphatic rings. The number of alkyl halides is 2. The van der Waals surface area contributed by atoms with Crippen LogP contribution in [0.4, 0.5) is 13.6 Å². The molecule has 1 saturated heterocycles. The molecule has 1 aliphatic carbocycles. The number of benzene rings is 1. The Bertz CT molecular complexity index is 885. The molecule has 1 heterocycles. The van der Waals surface area contributed by atoms with E-state index in [4.69, 9.17) is 9.47 Å². The van der Waals surface area contributed by atoms with Gasteiger partial charge in [-0.3, -0.25) is 0 Å². The fourth-order valence-corrected chi connectivity index (χ4v) is 5.25. The van der Waals surface area contributed by atoms with Gasteiger partial charge in [0.15, 0.2) is 15.4 Å². The largest absolute Gasteiger partial charge is 0.494 e. The number of piperidine rings is 1. The Morgan fingerprint density at radius 2 is 1.78 bits per heavy atom. The topological polar surface area (TPSA) is 72.9 Å². The molecule has 180 valence electrons. The highest BCUT2D eigenvalue weighted by atomic mass is 32.2. The molecule has 1 saturated carbocycles. The van der Waals surface area contributed by atoms with Crippen LogP contribution in [0.1, 0.15) is 52.4 Å². The normalized spacial score (nSPS) is 19.1. The summed E-state index contributed by atoms with van der Waals surface area (Å²) in [7, 11) is -3.20. The van der Waals surface area contributed by atoms with Gasteiger partial charge < -0.3 is 14.4 Å². The van der Waals surface area contributed by atoms with Gasteiger partial charge >= 0.3 is 6.09 Å². The van der Waals surface area contributed by atoms with Crippen molar-refractivity contribution in [3.63, 3.8) is 0 Å². The van der Waals surface area contributed by atoms with Crippen LogP contribution in [0, 0.1) is 11.3 Å². The van der Waals surface area contributed by atoms with E-state index in [0.29, 0.717) is 31.4 Å². The van der Waals surface area contributed by atoms with Crippen molar-refractivity contribution in [1.29, 1.82) is 0 Å². The second kappa shape index (κ2) is 9.53. The number of carbonyl (C=O) groups is 1. The average molecular weight is 474 g/mol. The molecular formula is C23H33F2NO5S. The smallest absolute Gasteiger partial charge is 0.410 e. The highest BCUT2D eigenvalue weighted by Gasteiger charge is 2.46. The predicted octanol–water partition coefficient (Wildman–Crippen LogP) is 4.92. The quantitative estimate of drug-likeness (QED) is 0.501. The van der Waals surface area contributed by atoms with Crippen molar-refractivity contribution in [2.24, 2.45) is 11.3 Å². The highest BCUT2D eigenvalue weighted by Crippen LogP contribution is 2.54. The van der Waals surface area contributed by atoms with Crippen molar-refractivity contribution >= 4 is 15.9 Å². The van der Waals surface area contributed by atoms with E-state index in [1.165, 1.54) is 20.1 Å². The number of hydrogen-bond donors (Lipinski definition) is 0. The van der Waals surface area contributed by atoms with Crippen LogP contribution in [0.5, 0.6) is 5.75 Å². The summed E-state index contributed by atoms with van der Waals surface area (Å²) in [5.74, 6) is 1.30. The van der Waals surface area contributed by atoms with Gasteiger partial charge in [-0.2, -0.15) is 0 Å². The van der Waals surface area contributed by atoms with Crippen LogP contribution < -0.4 is 4.74 Å². The van der Waals surface area contributed by atoms with Crippen LogP contribution in [0.15, 0.2) is 29.2 Å². The minimum Gasteiger partial charge on any atom is -0.494 e. The molecule has 1 aromatic rings. The molecule has 0 radical (unpaired) electrons. The molecular weight excluding hydrogens is 440 g/mol. The number of sulfone groups is 1. The third-order valence-corrected chi connectivity index (χ3v) is 7.81. The molecule has 1 amide bonds. The lowest BCUT2D eigenvalue weighted by molar-refractivity contribution is -0.0929. The van der Waals surface area contributed by atoms with E-state index in [2.05, 4.69) is 0 Å². The number of halogens is 2. The van der Waals surface area contributed by atoms with Crippen LogP contribution in [-0.4, -0.2) is 57.4 Å². The first-order valence-electron chi connectivity index (χ1n) is 11.1. The standard InChI is InChI=1S/C23H33F2NO5S/c1-22(2,20(24)25)31-21(27)26-12-10-23(11-13-26)15-17(16-23)5-4-14-30-18-6-8-19(9-7-18)32(3,28)29/h6-9,17,20H,4-5,10-16H2,1-3H3. The first-order valence-corrected chi connectivity index (χ1v) is 13.0. The summed E-state index contributed by atoms with van der Waals surface area (Å²) in [5, 5.41) is 0. The molecule has 0 N–H and O–H groups in total. The summed E-state index contributed by atoms with van der Waals surface area (Å²) in [6.07, 6.45) is 3.83. The van der Waals surface area contributed by atoms with Crippen molar-refractivity contribution in [3.05, 3.63) is 24.3 Å². The SMILES string of the molecule is CC(C)(OC(=O)N1CCC2(CC1)CC(CCCOc1ccc(S(C)(=O)=O)cc1)C2)C(F)F. The fourth-order valence-electron chi connectivity index (χ4n) is 4.62. The second-order valence-electron chi connectivity index (χ2n) is 9.77. The zero-order valence-electron chi connectivity index (χ0n) is 19.0. The van der Waals surface area contributed by atoms with E-state index in [1.54, 1.807) is 29.2 Å². The molecule has 0 unspecified atom stereocenters. The zero-order valence-corrected chi connectivity index (χ0v) is 19.8. The number of likely N-dealkylation sites (tertiary alicyclic amines) is 1. The third kappa shape index (κ3) is 6.11. The summed E-state index contributed by atoms with van der Waals surface area (Å²) in [5.41, 5.74) is -1.51. The summed E-state index contributed by atoms with van der Waals surface area (Å²) < 4.78 is 59.5. The number of hydrogen-bond acceptors (Lipinski definition) is 5. The molecule has 1 aliphatic heterocycles. The van der Waals surface area contributed by atoms with Crippen molar-refractivity contribution in [1.82, 2.24) is 4.90 Å². The van der Waals surface area contributed by atoms with Gasteiger partial charge in [0, 0.05) is 19.3 Å². The zero-order chi connectivity index (χ0) is 23.6. The molecule has 0 atom stereocenters. The van der Waals surface area contributed by atoms with E-state index >= 15 is 0 Å². The van der Waals surface area contributed by atoms with Crippen LogP contribution in [0.2, 0.25) is 0 Å². The van der Waals surface area contributed by atoms with Crippen LogP contribution >= 0.6 is 0 Å². The van der Waals surface area contributed by atoms with E-state index in [9.17, 15) is 22.0 Å². The maximum atomic E-state index is 12.9. The lowest BCUT2D eigenvalue weighted by atomic mass is 9.56. The molecule has 6 nitrogen and oxygen atoms in total.